The van der Waals surface area contributed by atoms with E-state index in [0.29, 0.717) is 11.3 Å². The van der Waals surface area contributed by atoms with Crippen LogP contribution in [0.1, 0.15) is 38.1 Å². The van der Waals surface area contributed by atoms with Gasteiger partial charge in [-0.2, -0.15) is 0 Å². The van der Waals surface area contributed by atoms with Gasteiger partial charge in [-0.25, -0.2) is 8.42 Å². The van der Waals surface area contributed by atoms with E-state index in [-0.39, 0.29) is 10.8 Å². The maximum Gasteiger partial charge on any atom is 0.261 e. The molecular formula is C20H25N3O4S. The first-order valence-electron chi connectivity index (χ1n) is 8.79. The summed E-state index contributed by atoms with van der Waals surface area (Å²) in [5.41, 5.74) is 0.255. The minimum atomic E-state index is -3.70. The Morgan fingerprint density at radius 1 is 0.929 bits per heavy atom. The van der Waals surface area contributed by atoms with Crippen molar-refractivity contribution in [2.75, 3.05) is 4.72 Å². The molecule has 0 aromatic heterocycles. The van der Waals surface area contributed by atoms with Gasteiger partial charge in [-0.3, -0.25) is 14.3 Å². The number of benzene rings is 2. The van der Waals surface area contributed by atoms with Crippen molar-refractivity contribution in [2.24, 2.45) is 0 Å². The van der Waals surface area contributed by atoms with E-state index in [1.807, 2.05) is 20.8 Å². The van der Waals surface area contributed by atoms with Crippen molar-refractivity contribution in [1.82, 2.24) is 10.6 Å². The second-order valence-corrected chi connectivity index (χ2v) is 9.11. The molecule has 0 aliphatic heterocycles. The fourth-order valence-corrected chi connectivity index (χ4v) is 3.41. The third-order valence-electron chi connectivity index (χ3n) is 3.69. The Morgan fingerprint density at radius 2 is 1.50 bits per heavy atom. The Hall–Kier alpha value is -2.87. The van der Waals surface area contributed by atoms with E-state index in [9.17, 15) is 18.0 Å². The predicted molar refractivity (Wildman–Crippen MR) is 109 cm³/mol. The first-order chi connectivity index (χ1) is 13.0. The van der Waals surface area contributed by atoms with Gasteiger partial charge in [-0.05, 0) is 64.1 Å². The molecule has 0 heterocycles. The van der Waals surface area contributed by atoms with Gasteiger partial charge < -0.3 is 10.6 Å². The fourth-order valence-electron chi connectivity index (χ4n) is 2.33. The molecule has 0 aliphatic carbocycles. The summed E-state index contributed by atoms with van der Waals surface area (Å²) in [7, 11) is -3.70. The van der Waals surface area contributed by atoms with Crippen molar-refractivity contribution in [3.63, 3.8) is 0 Å². The summed E-state index contributed by atoms with van der Waals surface area (Å²) in [6.45, 7) is 7.17. The van der Waals surface area contributed by atoms with Gasteiger partial charge in [-0.15, -0.1) is 0 Å². The van der Waals surface area contributed by atoms with Crippen LogP contribution in [0.15, 0.2) is 59.5 Å². The summed E-state index contributed by atoms with van der Waals surface area (Å²) in [4.78, 5) is 24.5. The molecule has 0 saturated carbocycles. The van der Waals surface area contributed by atoms with Crippen LogP contribution >= 0.6 is 0 Å². The van der Waals surface area contributed by atoms with Crippen molar-refractivity contribution < 1.29 is 18.0 Å². The zero-order valence-corrected chi connectivity index (χ0v) is 17.1. The molecule has 2 rings (SSSR count). The van der Waals surface area contributed by atoms with Crippen LogP contribution in [0.5, 0.6) is 0 Å². The van der Waals surface area contributed by atoms with Gasteiger partial charge in [0.15, 0.2) is 0 Å². The van der Waals surface area contributed by atoms with Crippen LogP contribution in [-0.4, -0.2) is 31.8 Å². The summed E-state index contributed by atoms with van der Waals surface area (Å²) in [5, 5.41) is 5.42. The smallest absolute Gasteiger partial charge is 0.261 e. The van der Waals surface area contributed by atoms with E-state index in [1.54, 1.807) is 25.1 Å². The first kappa shape index (κ1) is 21.4. The maximum atomic E-state index is 12.3. The van der Waals surface area contributed by atoms with Gasteiger partial charge in [0, 0.05) is 16.8 Å². The molecule has 3 N–H and O–H groups in total. The lowest BCUT2D eigenvalue weighted by atomic mass is 10.1. The van der Waals surface area contributed by atoms with Crippen LogP contribution < -0.4 is 15.4 Å². The predicted octanol–water partition coefficient (Wildman–Crippen LogP) is 2.52. The maximum absolute atomic E-state index is 12.3. The molecule has 7 nitrogen and oxygen atoms in total. The fraction of sp³-hybridized carbons (Fsp3) is 0.300. The number of nitrogens with one attached hydrogen (secondary N) is 3. The Labute approximate surface area is 165 Å². The molecule has 1 unspecified atom stereocenters. The van der Waals surface area contributed by atoms with Crippen LogP contribution in [0.3, 0.4) is 0 Å². The first-order valence-corrected chi connectivity index (χ1v) is 10.3. The summed E-state index contributed by atoms with van der Waals surface area (Å²) in [6.07, 6.45) is 0. The molecule has 2 amide bonds. The number of carbonyl (C=O) groups excluding carboxylic acids is 2. The lowest BCUT2D eigenvalue weighted by Crippen LogP contribution is -2.50. The molecule has 0 saturated heterocycles. The van der Waals surface area contributed by atoms with E-state index < -0.39 is 27.5 Å². The largest absolute Gasteiger partial charge is 0.350 e. The highest BCUT2D eigenvalue weighted by Crippen LogP contribution is 2.16. The molecule has 8 heteroatoms. The van der Waals surface area contributed by atoms with Gasteiger partial charge in [0.05, 0.1) is 4.90 Å². The third kappa shape index (κ3) is 6.09. The number of anilines is 1. The molecule has 0 spiro atoms. The molecule has 2 aromatic carbocycles. The second-order valence-electron chi connectivity index (χ2n) is 7.43. The van der Waals surface area contributed by atoms with E-state index in [4.69, 9.17) is 0 Å². The lowest BCUT2D eigenvalue weighted by molar-refractivity contribution is -0.124. The summed E-state index contributed by atoms with van der Waals surface area (Å²) in [6, 6.07) is 13.3. The topological polar surface area (TPSA) is 104 Å². The lowest BCUT2D eigenvalue weighted by Gasteiger charge is -2.23. The van der Waals surface area contributed by atoms with E-state index >= 15 is 0 Å². The van der Waals surface area contributed by atoms with Crippen LogP contribution in [0.2, 0.25) is 0 Å². The normalized spacial score (nSPS) is 12.7. The quantitative estimate of drug-likeness (QED) is 0.689. The van der Waals surface area contributed by atoms with Crippen molar-refractivity contribution >= 4 is 27.5 Å². The van der Waals surface area contributed by atoms with Crippen molar-refractivity contribution in [3.8, 4) is 0 Å². The molecule has 150 valence electrons. The SMILES string of the molecule is CC(NC(=O)c1ccc(NS(=O)(=O)c2ccccc2)cc1)C(=O)NC(C)(C)C. The second kappa shape index (κ2) is 8.43. The number of rotatable bonds is 6. The molecule has 0 fully saturated rings. The summed E-state index contributed by atoms with van der Waals surface area (Å²) >= 11 is 0. The standard InChI is InChI=1S/C20H25N3O4S/c1-14(18(24)22-20(2,3)4)21-19(25)15-10-12-16(13-11-15)23-28(26,27)17-8-6-5-7-9-17/h5-14,23H,1-4H3,(H,21,25)(H,22,24). The molecule has 0 radical (unpaired) electrons. The molecule has 0 aliphatic rings. The molecular weight excluding hydrogens is 378 g/mol. The molecule has 0 bridgehead atoms. The number of hydrogen-bond acceptors (Lipinski definition) is 4. The van der Waals surface area contributed by atoms with Gasteiger partial charge in [0.25, 0.3) is 15.9 Å². The van der Waals surface area contributed by atoms with Gasteiger partial charge >= 0.3 is 0 Å². The number of amides is 2. The molecule has 2 aromatic rings. The highest BCUT2D eigenvalue weighted by atomic mass is 32.2. The zero-order valence-electron chi connectivity index (χ0n) is 16.3. The number of sulfonamides is 1. The Kier molecular flexibility index (Phi) is 6.45. The van der Waals surface area contributed by atoms with Gasteiger partial charge in [-0.1, -0.05) is 18.2 Å². The number of hydrogen-bond donors (Lipinski definition) is 3. The van der Waals surface area contributed by atoms with Crippen molar-refractivity contribution in [3.05, 3.63) is 60.2 Å². The summed E-state index contributed by atoms with van der Waals surface area (Å²) in [5.74, 6) is -0.706. The van der Waals surface area contributed by atoms with Crippen molar-refractivity contribution in [2.45, 2.75) is 44.2 Å². The molecule has 1 atom stereocenters. The average molecular weight is 404 g/mol. The number of carbonyl (C=O) groups is 2. The van der Waals surface area contributed by atoms with Crippen LogP contribution in [0.4, 0.5) is 5.69 Å². The van der Waals surface area contributed by atoms with E-state index in [1.165, 1.54) is 36.4 Å². The highest BCUT2D eigenvalue weighted by Gasteiger charge is 2.21. The Balaban J connectivity index is 2.02. The highest BCUT2D eigenvalue weighted by molar-refractivity contribution is 7.92. The van der Waals surface area contributed by atoms with Gasteiger partial charge in [0.2, 0.25) is 5.91 Å². The minimum absolute atomic E-state index is 0.149. The molecule has 28 heavy (non-hydrogen) atoms. The third-order valence-corrected chi connectivity index (χ3v) is 5.09. The van der Waals surface area contributed by atoms with Crippen LogP contribution in [0.25, 0.3) is 0 Å². The van der Waals surface area contributed by atoms with Gasteiger partial charge in [0.1, 0.15) is 6.04 Å². The Morgan fingerprint density at radius 3 is 2.04 bits per heavy atom. The zero-order chi connectivity index (χ0) is 20.9. The van der Waals surface area contributed by atoms with E-state index in [0.717, 1.165) is 0 Å². The minimum Gasteiger partial charge on any atom is -0.350 e. The van der Waals surface area contributed by atoms with Crippen LogP contribution in [0, 0.1) is 0 Å². The monoisotopic (exact) mass is 403 g/mol. The summed E-state index contributed by atoms with van der Waals surface area (Å²) < 4.78 is 27.1. The van der Waals surface area contributed by atoms with E-state index in [2.05, 4.69) is 15.4 Å². The van der Waals surface area contributed by atoms with Crippen LogP contribution in [-0.2, 0) is 14.8 Å². The van der Waals surface area contributed by atoms with Crippen molar-refractivity contribution in [1.29, 1.82) is 0 Å². The average Bonchev–Trinajstić information content (AvgIpc) is 2.61. The Bertz CT molecular complexity index is 934.